The van der Waals surface area contributed by atoms with Gasteiger partial charge in [0.2, 0.25) is 0 Å². The van der Waals surface area contributed by atoms with Crippen LogP contribution in [0.4, 0.5) is 0 Å². The molecule has 0 N–H and O–H groups in total. The van der Waals surface area contributed by atoms with Crippen molar-refractivity contribution in [3.63, 3.8) is 0 Å². The highest BCUT2D eigenvalue weighted by atomic mass is 16.5. The van der Waals surface area contributed by atoms with Crippen LogP contribution in [0.5, 0.6) is 0 Å². The van der Waals surface area contributed by atoms with Gasteiger partial charge in [0.25, 0.3) is 0 Å². The summed E-state index contributed by atoms with van der Waals surface area (Å²) >= 11 is 0. The smallest absolute Gasteiger partial charge is 0.302 e. The molecule has 0 spiro atoms. The summed E-state index contributed by atoms with van der Waals surface area (Å²) in [4.78, 5) is 47.8. The van der Waals surface area contributed by atoms with Gasteiger partial charge in [-0.3, -0.25) is 19.2 Å². The SMILES string of the molecule is CC(=O)OCC[C@]1(C)C(C(C)=O)CCC1C1CC[C@H]2C[C@@H](OC(C)=O)CC[C@]2(C)[C@H]1OC(C)=O. The minimum absolute atomic E-state index is 0.0762. The molecule has 0 saturated heterocycles. The molecule has 0 radical (unpaired) electrons. The molecule has 3 aliphatic carbocycles. The molecule has 0 aromatic rings. The summed E-state index contributed by atoms with van der Waals surface area (Å²) < 4.78 is 17.0. The summed E-state index contributed by atoms with van der Waals surface area (Å²) in [7, 11) is 0. The number of carbonyl (C=O) groups is 4. The van der Waals surface area contributed by atoms with Crippen molar-refractivity contribution in [2.24, 2.45) is 34.5 Å². The summed E-state index contributed by atoms with van der Waals surface area (Å²) in [6, 6.07) is 0. The van der Waals surface area contributed by atoms with E-state index < -0.39 is 0 Å². The lowest BCUT2D eigenvalue weighted by atomic mass is 9.52. The highest BCUT2D eigenvalue weighted by molar-refractivity contribution is 5.79. The molecule has 3 saturated carbocycles. The van der Waals surface area contributed by atoms with Crippen molar-refractivity contribution < 1.29 is 33.4 Å². The van der Waals surface area contributed by atoms with E-state index >= 15 is 0 Å². The van der Waals surface area contributed by atoms with Crippen LogP contribution in [0.15, 0.2) is 0 Å². The molecule has 7 nitrogen and oxygen atoms in total. The first kappa shape index (κ1) is 26.7. The lowest BCUT2D eigenvalue weighted by Gasteiger charge is -2.56. The first-order valence-electron chi connectivity index (χ1n) is 12.9. The van der Waals surface area contributed by atoms with Crippen molar-refractivity contribution in [2.45, 2.75) is 105 Å². The average molecular weight is 479 g/mol. The number of esters is 3. The zero-order chi connectivity index (χ0) is 25.3. The van der Waals surface area contributed by atoms with E-state index in [9.17, 15) is 19.2 Å². The molecule has 0 amide bonds. The van der Waals surface area contributed by atoms with Gasteiger partial charge in [-0.25, -0.2) is 0 Å². The van der Waals surface area contributed by atoms with E-state index in [2.05, 4.69) is 13.8 Å². The van der Waals surface area contributed by atoms with Gasteiger partial charge < -0.3 is 14.2 Å². The molecule has 7 heteroatoms. The van der Waals surface area contributed by atoms with Crippen LogP contribution < -0.4 is 0 Å². The fourth-order valence-corrected chi connectivity index (χ4v) is 7.80. The van der Waals surface area contributed by atoms with E-state index in [4.69, 9.17) is 14.2 Å². The second-order valence-electron chi connectivity index (χ2n) is 11.4. The normalized spacial score (nSPS) is 39.6. The molecule has 34 heavy (non-hydrogen) atoms. The fourth-order valence-electron chi connectivity index (χ4n) is 7.80. The molecule has 0 aliphatic heterocycles. The van der Waals surface area contributed by atoms with E-state index in [1.807, 2.05) is 0 Å². The van der Waals surface area contributed by atoms with Crippen molar-refractivity contribution in [2.75, 3.05) is 6.61 Å². The maximum Gasteiger partial charge on any atom is 0.302 e. The number of ketones is 1. The molecule has 0 bridgehead atoms. The number of rotatable bonds is 7. The Kier molecular flexibility index (Phi) is 8.14. The summed E-state index contributed by atoms with van der Waals surface area (Å²) in [6.45, 7) is 10.7. The minimum Gasteiger partial charge on any atom is -0.466 e. The molecule has 3 aliphatic rings. The highest BCUT2D eigenvalue weighted by Gasteiger charge is 2.59. The number of Topliss-reactive ketones (excluding diaryl/α,β-unsaturated/α-hetero) is 1. The van der Waals surface area contributed by atoms with Crippen LogP contribution in [0.25, 0.3) is 0 Å². The summed E-state index contributed by atoms with van der Waals surface area (Å²) in [5.41, 5.74) is -0.515. The van der Waals surface area contributed by atoms with Gasteiger partial charge in [0.15, 0.2) is 0 Å². The van der Waals surface area contributed by atoms with Crippen molar-refractivity contribution in [1.29, 1.82) is 0 Å². The summed E-state index contributed by atoms with van der Waals surface area (Å²) in [5.74, 6) is -0.0935. The van der Waals surface area contributed by atoms with Crippen LogP contribution in [-0.4, -0.2) is 42.5 Å². The largest absolute Gasteiger partial charge is 0.466 e. The Labute approximate surface area is 203 Å². The third-order valence-corrected chi connectivity index (χ3v) is 9.36. The number of ether oxygens (including phenoxy) is 3. The quantitative estimate of drug-likeness (QED) is 0.388. The number of hydrogen-bond acceptors (Lipinski definition) is 7. The molecular formula is C27H42O7. The second-order valence-corrected chi connectivity index (χ2v) is 11.4. The zero-order valence-electron chi connectivity index (χ0n) is 21.7. The zero-order valence-corrected chi connectivity index (χ0v) is 21.7. The van der Waals surface area contributed by atoms with Gasteiger partial charge in [-0.2, -0.15) is 0 Å². The maximum atomic E-state index is 12.6. The van der Waals surface area contributed by atoms with Crippen molar-refractivity contribution >= 4 is 23.7 Å². The van der Waals surface area contributed by atoms with Crippen LogP contribution in [0, 0.1) is 34.5 Å². The topological polar surface area (TPSA) is 96.0 Å². The third-order valence-electron chi connectivity index (χ3n) is 9.36. The molecule has 3 rings (SSSR count). The van der Waals surface area contributed by atoms with Gasteiger partial charge in [-0.15, -0.1) is 0 Å². The molecule has 192 valence electrons. The van der Waals surface area contributed by atoms with Crippen LogP contribution >= 0.6 is 0 Å². The van der Waals surface area contributed by atoms with Crippen LogP contribution in [0.3, 0.4) is 0 Å². The predicted octanol–water partition coefficient (Wildman–Crippen LogP) is 4.64. The first-order chi connectivity index (χ1) is 15.9. The lowest BCUT2D eigenvalue weighted by Crippen LogP contribution is -2.56. The summed E-state index contributed by atoms with van der Waals surface area (Å²) in [6.07, 6.45) is 6.30. The van der Waals surface area contributed by atoms with E-state index in [1.54, 1.807) is 6.92 Å². The third kappa shape index (κ3) is 5.33. The van der Waals surface area contributed by atoms with Crippen molar-refractivity contribution in [3.8, 4) is 0 Å². The Bertz CT molecular complexity index is 807. The monoisotopic (exact) mass is 478 g/mol. The molecule has 3 unspecified atom stereocenters. The van der Waals surface area contributed by atoms with Crippen molar-refractivity contribution in [3.05, 3.63) is 0 Å². The second kappa shape index (κ2) is 10.4. The van der Waals surface area contributed by atoms with Gasteiger partial charge in [0.05, 0.1) is 6.61 Å². The first-order valence-corrected chi connectivity index (χ1v) is 12.9. The molecule has 8 atom stereocenters. The Morgan fingerprint density at radius 1 is 0.824 bits per heavy atom. The molecule has 0 aromatic carbocycles. The summed E-state index contributed by atoms with van der Waals surface area (Å²) in [5, 5.41) is 0. The standard InChI is InChI=1S/C27H42O7/c1-16(28)23-9-10-24(27(23,6)13-14-32-17(2)29)22-8-7-20-15-21(33-18(3)30)11-12-26(20,5)25(22)34-19(4)31/h20-25H,7-15H2,1-6H3/t20-,21-,22?,23?,24?,25-,26-,27+/m0/s1. The van der Waals surface area contributed by atoms with Gasteiger partial charge >= 0.3 is 17.9 Å². The number of carbonyl (C=O) groups excluding carboxylic acids is 4. The Hall–Kier alpha value is -1.92. The van der Waals surface area contributed by atoms with E-state index in [-0.39, 0.29) is 64.5 Å². The highest BCUT2D eigenvalue weighted by Crippen LogP contribution is 2.61. The van der Waals surface area contributed by atoms with E-state index in [0.717, 1.165) is 44.9 Å². The molecule has 3 fully saturated rings. The van der Waals surface area contributed by atoms with Gasteiger partial charge in [0, 0.05) is 32.1 Å². The predicted molar refractivity (Wildman–Crippen MR) is 126 cm³/mol. The fraction of sp³-hybridized carbons (Fsp3) is 0.852. The van der Waals surface area contributed by atoms with Crippen molar-refractivity contribution in [1.82, 2.24) is 0 Å². The molecule has 0 heterocycles. The van der Waals surface area contributed by atoms with Gasteiger partial charge in [0.1, 0.15) is 18.0 Å². The number of hydrogen-bond donors (Lipinski definition) is 0. The van der Waals surface area contributed by atoms with Crippen LogP contribution in [0.2, 0.25) is 0 Å². The van der Waals surface area contributed by atoms with Crippen LogP contribution in [0.1, 0.15) is 92.9 Å². The Balaban J connectivity index is 1.89. The number of fused-ring (bicyclic) bond motifs is 1. The maximum absolute atomic E-state index is 12.6. The average Bonchev–Trinajstić information content (AvgIpc) is 3.05. The van der Waals surface area contributed by atoms with Gasteiger partial charge in [-0.1, -0.05) is 13.8 Å². The van der Waals surface area contributed by atoms with Crippen LogP contribution in [-0.2, 0) is 33.4 Å². The minimum atomic E-state index is -0.317. The lowest BCUT2D eigenvalue weighted by molar-refractivity contribution is -0.189. The van der Waals surface area contributed by atoms with Gasteiger partial charge in [-0.05, 0) is 81.5 Å². The molecular weight excluding hydrogens is 436 g/mol. The Morgan fingerprint density at radius 3 is 2.09 bits per heavy atom. The molecule has 0 aromatic heterocycles. The van der Waals surface area contributed by atoms with E-state index in [1.165, 1.54) is 20.8 Å². The van der Waals surface area contributed by atoms with E-state index in [0.29, 0.717) is 18.9 Å². The Morgan fingerprint density at radius 2 is 1.50 bits per heavy atom.